The quantitative estimate of drug-likeness (QED) is 0.633. The smallest absolute Gasteiger partial charge is 0.00695 e. The average molecular weight is 206 g/mol. The summed E-state index contributed by atoms with van der Waals surface area (Å²) in [7, 11) is 0. The molecule has 0 aliphatic rings. The zero-order chi connectivity index (χ0) is 9.72. The van der Waals surface area contributed by atoms with E-state index in [-0.39, 0.29) is 0 Å². The molecular weight excluding hydrogens is 184 g/mol. The summed E-state index contributed by atoms with van der Waals surface area (Å²) in [6.07, 6.45) is 0. The Morgan fingerprint density at radius 1 is 0.750 bits per heavy atom. The fourth-order valence-electron chi connectivity index (χ4n) is 1.37. The fraction of sp³-hybridized carbons (Fsp3) is 1.00. The van der Waals surface area contributed by atoms with Crippen LogP contribution in [-0.2, 0) is 0 Å². The minimum absolute atomic E-state index is 0.714. The Bertz CT molecular complexity index is 100. The largest absolute Gasteiger partial charge is 0.179 e. The second kappa shape index (κ2) is 6.20. The first-order chi connectivity index (χ1) is 5.54. The van der Waals surface area contributed by atoms with E-state index in [0.29, 0.717) is 11.8 Å². The molecule has 2 heteroatoms. The molecule has 4 unspecified atom stereocenters. The molecule has 0 rings (SSSR count). The van der Waals surface area contributed by atoms with Crippen molar-refractivity contribution >= 4 is 25.3 Å². The first-order valence-electron chi connectivity index (χ1n) is 4.76. The van der Waals surface area contributed by atoms with Gasteiger partial charge in [-0.05, 0) is 35.2 Å². The Labute approximate surface area is 88.3 Å². The lowest BCUT2D eigenvalue weighted by atomic mass is 9.80. The molecule has 0 aromatic heterocycles. The second-order valence-electron chi connectivity index (χ2n) is 4.04. The van der Waals surface area contributed by atoms with Gasteiger partial charge in [-0.2, -0.15) is 25.3 Å². The SMILES string of the molecule is CC(CS)C(C)C(C)C(C)CS. The standard InChI is InChI=1S/C10H22S2/c1-7(5-11)9(3)10(4)8(2)6-12/h7-12H,5-6H2,1-4H3. The lowest BCUT2D eigenvalue weighted by molar-refractivity contribution is 0.241. The Morgan fingerprint density at radius 3 is 1.17 bits per heavy atom. The van der Waals surface area contributed by atoms with E-state index >= 15 is 0 Å². The highest BCUT2D eigenvalue weighted by molar-refractivity contribution is 7.80. The van der Waals surface area contributed by atoms with Gasteiger partial charge in [-0.15, -0.1) is 0 Å². The third kappa shape index (κ3) is 3.61. The van der Waals surface area contributed by atoms with E-state index in [9.17, 15) is 0 Å². The lowest BCUT2D eigenvalue weighted by Gasteiger charge is -2.29. The third-order valence-corrected chi connectivity index (χ3v) is 4.35. The van der Waals surface area contributed by atoms with Crippen LogP contribution < -0.4 is 0 Å². The minimum atomic E-state index is 0.714. The van der Waals surface area contributed by atoms with Gasteiger partial charge < -0.3 is 0 Å². The van der Waals surface area contributed by atoms with E-state index < -0.39 is 0 Å². The highest BCUT2D eigenvalue weighted by Gasteiger charge is 2.21. The van der Waals surface area contributed by atoms with Crippen molar-refractivity contribution in [2.75, 3.05) is 11.5 Å². The van der Waals surface area contributed by atoms with Crippen molar-refractivity contribution in [3.63, 3.8) is 0 Å². The molecule has 0 nitrogen and oxygen atoms in total. The minimum Gasteiger partial charge on any atom is -0.179 e. The molecule has 0 aliphatic carbocycles. The highest BCUT2D eigenvalue weighted by atomic mass is 32.1. The summed E-state index contributed by atoms with van der Waals surface area (Å²) < 4.78 is 0. The molecule has 0 heterocycles. The Hall–Kier alpha value is 0.700. The van der Waals surface area contributed by atoms with E-state index in [1.807, 2.05) is 0 Å². The van der Waals surface area contributed by atoms with Crippen molar-refractivity contribution in [3.8, 4) is 0 Å². The molecule has 0 radical (unpaired) electrons. The molecule has 0 bridgehead atoms. The summed E-state index contributed by atoms with van der Waals surface area (Å²) in [5.74, 6) is 4.92. The van der Waals surface area contributed by atoms with Crippen LogP contribution in [-0.4, -0.2) is 11.5 Å². The van der Waals surface area contributed by atoms with E-state index in [4.69, 9.17) is 0 Å². The summed E-state index contributed by atoms with van der Waals surface area (Å²) in [5.41, 5.74) is 0. The van der Waals surface area contributed by atoms with Crippen LogP contribution in [0, 0.1) is 23.7 Å². The van der Waals surface area contributed by atoms with E-state index in [0.717, 1.165) is 23.3 Å². The van der Waals surface area contributed by atoms with Gasteiger partial charge in [0.1, 0.15) is 0 Å². The van der Waals surface area contributed by atoms with Crippen molar-refractivity contribution in [1.82, 2.24) is 0 Å². The predicted octanol–water partition coefficient (Wildman–Crippen LogP) is 3.39. The Morgan fingerprint density at radius 2 is 1.00 bits per heavy atom. The van der Waals surface area contributed by atoms with Gasteiger partial charge in [0.05, 0.1) is 0 Å². The summed E-state index contributed by atoms with van der Waals surface area (Å²) in [6.45, 7) is 9.20. The Balaban J connectivity index is 3.99. The molecular formula is C10H22S2. The van der Waals surface area contributed by atoms with E-state index in [1.165, 1.54) is 0 Å². The van der Waals surface area contributed by atoms with Crippen LogP contribution in [0.5, 0.6) is 0 Å². The molecule has 0 aromatic rings. The molecule has 0 N–H and O–H groups in total. The van der Waals surface area contributed by atoms with Crippen LogP contribution in [0.25, 0.3) is 0 Å². The first-order valence-corrected chi connectivity index (χ1v) is 6.02. The van der Waals surface area contributed by atoms with Gasteiger partial charge in [0, 0.05) is 0 Å². The van der Waals surface area contributed by atoms with Crippen LogP contribution in [0.2, 0.25) is 0 Å². The normalized spacial score (nSPS) is 21.5. The van der Waals surface area contributed by atoms with Crippen LogP contribution >= 0.6 is 25.3 Å². The molecule has 0 spiro atoms. The second-order valence-corrected chi connectivity index (χ2v) is 4.77. The number of thiol groups is 2. The van der Waals surface area contributed by atoms with E-state index in [2.05, 4.69) is 53.0 Å². The van der Waals surface area contributed by atoms with Crippen molar-refractivity contribution in [2.45, 2.75) is 27.7 Å². The summed E-state index contributed by atoms with van der Waals surface area (Å²) in [6, 6.07) is 0. The Kier molecular flexibility index (Phi) is 6.56. The summed E-state index contributed by atoms with van der Waals surface area (Å²) in [4.78, 5) is 0. The molecule has 74 valence electrons. The maximum absolute atomic E-state index is 4.33. The summed E-state index contributed by atoms with van der Waals surface area (Å²) in [5, 5.41) is 0. The number of hydrogen-bond acceptors (Lipinski definition) is 2. The van der Waals surface area contributed by atoms with Crippen molar-refractivity contribution in [1.29, 1.82) is 0 Å². The number of hydrogen-bond donors (Lipinski definition) is 2. The maximum atomic E-state index is 4.33. The van der Waals surface area contributed by atoms with Gasteiger partial charge in [0.2, 0.25) is 0 Å². The van der Waals surface area contributed by atoms with Gasteiger partial charge in [-0.25, -0.2) is 0 Å². The predicted molar refractivity (Wildman–Crippen MR) is 64.4 cm³/mol. The van der Waals surface area contributed by atoms with Gasteiger partial charge in [0.15, 0.2) is 0 Å². The van der Waals surface area contributed by atoms with Crippen LogP contribution in [0.1, 0.15) is 27.7 Å². The van der Waals surface area contributed by atoms with Crippen LogP contribution in [0.3, 0.4) is 0 Å². The number of rotatable bonds is 5. The van der Waals surface area contributed by atoms with Crippen molar-refractivity contribution in [3.05, 3.63) is 0 Å². The topological polar surface area (TPSA) is 0 Å². The highest BCUT2D eigenvalue weighted by Crippen LogP contribution is 2.27. The van der Waals surface area contributed by atoms with Gasteiger partial charge in [-0.1, -0.05) is 27.7 Å². The average Bonchev–Trinajstić information content (AvgIpc) is 2.12. The van der Waals surface area contributed by atoms with Gasteiger partial charge in [-0.3, -0.25) is 0 Å². The fourth-order valence-corrected chi connectivity index (χ4v) is 2.03. The van der Waals surface area contributed by atoms with E-state index in [1.54, 1.807) is 0 Å². The molecule has 12 heavy (non-hydrogen) atoms. The third-order valence-electron chi connectivity index (χ3n) is 3.20. The van der Waals surface area contributed by atoms with Gasteiger partial charge in [0.25, 0.3) is 0 Å². The van der Waals surface area contributed by atoms with Crippen LogP contribution in [0.4, 0.5) is 0 Å². The van der Waals surface area contributed by atoms with Gasteiger partial charge >= 0.3 is 0 Å². The molecule has 0 aliphatic heterocycles. The monoisotopic (exact) mass is 206 g/mol. The van der Waals surface area contributed by atoms with Crippen molar-refractivity contribution < 1.29 is 0 Å². The summed E-state index contributed by atoms with van der Waals surface area (Å²) >= 11 is 8.66. The molecule has 0 saturated heterocycles. The molecule has 0 saturated carbocycles. The zero-order valence-electron chi connectivity index (χ0n) is 8.62. The maximum Gasteiger partial charge on any atom is -0.00695 e. The lowest BCUT2D eigenvalue weighted by Crippen LogP contribution is -2.24. The molecule has 4 atom stereocenters. The zero-order valence-corrected chi connectivity index (χ0v) is 10.4. The molecule has 0 fully saturated rings. The van der Waals surface area contributed by atoms with Crippen LogP contribution in [0.15, 0.2) is 0 Å². The first kappa shape index (κ1) is 12.7. The molecule has 0 amide bonds. The van der Waals surface area contributed by atoms with Crippen molar-refractivity contribution in [2.24, 2.45) is 23.7 Å². The molecule has 0 aromatic carbocycles.